The Labute approximate surface area is 107 Å². The summed E-state index contributed by atoms with van der Waals surface area (Å²) in [4.78, 5) is 0. The maximum atomic E-state index is 11.3. The molecule has 0 saturated heterocycles. The van der Waals surface area contributed by atoms with Crippen molar-refractivity contribution in [2.75, 3.05) is 11.5 Å². The first kappa shape index (κ1) is 16.9. The Kier molecular flexibility index (Phi) is 6.70. The van der Waals surface area contributed by atoms with Crippen LogP contribution in [0.5, 0.6) is 0 Å². The molecule has 0 bridgehead atoms. The molecular formula is C13H28O3S. The summed E-state index contributed by atoms with van der Waals surface area (Å²) in [6.45, 7) is 10.3. The molecule has 0 aromatic heterocycles. The van der Waals surface area contributed by atoms with Gasteiger partial charge in [-0.25, -0.2) is 8.42 Å². The van der Waals surface area contributed by atoms with Crippen molar-refractivity contribution in [3.05, 3.63) is 0 Å². The van der Waals surface area contributed by atoms with Gasteiger partial charge < -0.3 is 5.11 Å². The van der Waals surface area contributed by atoms with E-state index in [2.05, 4.69) is 27.7 Å². The minimum absolute atomic E-state index is 0.191. The molecule has 0 aliphatic heterocycles. The van der Waals surface area contributed by atoms with Crippen LogP contribution in [0.25, 0.3) is 0 Å². The largest absolute Gasteiger partial charge is 0.393 e. The molecule has 2 unspecified atom stereocenters. The first-order valence-corrected chi connectivity index (χ1v) is 8.29. The highest BCUT2D eigenvalue weighted by Crippen LogP contribution is 2.29. The molecule has 104 valence electrons. The fraction of sp³-hybridized carbons (Fsp3) is 1.00. The molecule has 17 heavy (non-hydrogen) atoms. The highest BCUT2D eigenvalue weighted by molar-refractivity contribution is 7.91. The zero-order valence-corrected chi connectivity index (χ0v) is 12.7. The van der Waals surface area contributed by atoms with Gasteiger partial charge in [-0.15, -0.1) is 0 Å². The average Bonchev–Trinajstić information content (AvgIpc) is 2.15. The Morgan fingerprint density at radius 1 is 1.24 bits per heavy atom. The minimum atomic E-state index is -2.88. The summed E-state index contributed by atoms with van der Waals surface area (Å²) in [7, 11) is -2.88. The maximum absolute atomic E-state index is 11.3. The SMILES string of the molecule is CCS(=O)(=O)CCCC(O)CC(C)C(C)(C)C. The summed E-state index contributed by atoms with van der Waals surface area (Å²) in [6.07, 6.45) is 1.51. The number of rotatable bonds is 7. The van der Waals surface area contributed by atoms with E-state index in [1.807, 2.05) is 0 Å². The van der Waals surface area contributed by atoms with E-state index < -0.39 is 9.84 Å². The van der Waals surface area contributed by atoms with E-state index in [0.29, 0.717) is 18.8 Å². The third kappa shape index (κ3) is 7.77. The second kappa shape index (κ2) is 6.74. The van der Waals surface area contributed by atoms with Crippen LogP contribution in [0.15, 0.2) is 0 Å². The van der Waals surface area contributed by atoms with E-state index >= 15 is 0 Å². The van der Waals surface area contributed by atoms with Gasteiger partial charge in [0, 0.05) is 5.75 Å². The molecule has 4 heteroatoms. The van der Waals surface area contributed by atoms with Gasteiger partial charge in [-0.3, -0.25) is 0 Å². The van der Waals surface area contributed by atoms with Crippen LogP contribution in [-0.4, -0.2) is 31.1 Å². The third-order valence-corrected chi connectivity index (χ3v) is 5.33. The molecule has 0 aromatic rings. The van der Waals surface area contributed by atoms with E-state index in [0.717, 1.165) is 6.42 Å². The van der Waals surface area contributed by atoms with Gasteiger partial charge >= 0.3 is 0 Å². The molecule has 3 nitrogen and oxygen atoms in total. The van der Waals surface area contributed by atoms with Crippen molar-refractivity contribution in [1.29, 1.82) is 0 Å². The Hall–Kier alpha value is -0.0900. The predicted octanol–water partition coefficient (Wildman–Crippen LogP) is 2.63. The van der Waals surface area contributed by atoms with Crippen LogP contribution in [0, 0.1) is 11.3 Å². The van der Waals surface area contributed by atoms with Crippen LogP contribution < -0.4 is 0 Å². The van der Waals surface area contributed by atoms with E-state index in [-0.39, 0.29) is 23.0 Å². The molecule has 0 aliphatic rings. The minimum Gasteiger partial charge on any atom is -0.393 e. The lowest BCUT2D eigenvalue weighted by molar-refractivity contribution is 0.103. The second-order valence-electron chi connectivity index (χ2n) is 6.04. The molecule has 1 N–H and O–H groups in total. The molecule has 0 radical (unpaired) electrons. The van der Waals surface area contributed by atoms with Crippen molar-refractivity contribution in [1.82, 2.24) is 0 Å². The monoisotopic (exact) mass is 264 g/mol. The van der Waals surface area contributed by atoms with Crippen LogP contribution in [0.3, 0.4) is 0 Å². The summed E-state index contributed by atoms with van der Waals surface area (Å²) in [5.74, 6) is 0.826. The number of aliphatic hydroxyl groups is 1. The predicted molar refractivity (Wildman–Crippen MR) is 72.8 cm³/mol. The van der Waals surface area contributed by atoms with Gasteiger partial charge in [0.15, 0.2) is 0 Å². The molecule has 0 spiro atoms. The Balaban J connectivity index is 3.93. The number of hydrogen-bond acceptors (Lipinski definition) is 3. The van der Waals surface area contributed by atoms with Gasteiger partial charge in [-0.1, -0.05) is 34.6 Å². The summed E-state index contributed by atoms with van der Waals surface area (Å²) in [6, 6.07) is 0. The summed E-state index contributed by atoms with van der Waals surface area (Å²) in [5, 5.41) is 9.86. The third-order valence-electron chi connectivity index (χ3n) is 3.54. The molecular weight excluding hydrogens is 236 g/mol. The highest BCUT2D eigenvalue weighted by Gasteiger charge is 2.22. The quantitative estimate of drug-likeness (QED) is 0.769. The van der Waals surface area contributed by atoms with Crippen molar-refractivity contribution in [2.45, 2.75) is 60.0 Å². The van der Waals surface area contributed by atoms with Crippen molar-refractivity contribution in [2.24, 2.45) is 11.3 Å². The summed E-state index contributed by atoms with van der Waals surface area (Å²) >= 11 is 0. The zero-order valence-electron chi connectivity index (χ0n) is 11.9. The van der Waals surface area contributed by atoms with Crippen LogP contribution in [0.2, 0.25) is 0 Å². The van der Waals surface area contributed by atoms with Crippen molar-refractivity contribution < 1.29 is 13.5 Å². The molecule has 0 saturated carbocycles. The molecule has 0 amide bonds. The normalized spacial score (nSPS) is 16.8. The first-order chi connectivity index (χ1) is 7.58. The van der Waals surface area contributed by atoms with E-state index in [1.54, 1.807) is 6.92 Å². The topological polar surface area (TPSA) is 54.4 Å². The van der Waals surface area contributed by atoms with Crippen LogP contribution >= 0.6 is 0 Å². The zero-order chi connectivity index (χ0) is 13.7. The Morgan fingerprint density at radius 3 is 2.18 bits per heavy atom. The first-order valence-electron chi connectivity index (χ1n) is 6.47. The van der Waals surface area contributed by atoms with E-state index in [4.69, 9.17) is 0 Å². The van der Waals surface area contributed by atoms with E-state index in [1.165, 1.54) is 0 Å². The summed E-state index contributed by atoms with van der Waals surface area (Å²) in [5.41, 5.74) is 0.191. The molecule has 2 atom stereocenters. The van der Waals surface area contributed by atoms with Gasteiger partial charge in [0.2, 0.25) is 0 Å². The average molecular weight is 264 g/mol. The van der Waals surface area contributed by atoms with Gasteiger partial charge in [0.1, 0.15) is 9.84 Å². The molecule has 0 heterocycles. The lowest BCUT2D eigenvalue weighted by Gasteiger charge is -2.29. The summed E-state index contributed by atoms with van der Waals surface area (Å²) < 4.78 is 22.6. The molecule has 0 rings (SSSR count). The Morgan fingerprint density at radius 2 is 1.76 bits per heavy atom. The fourth-order valence-electron chi connectivity index (χ4n) is 1.56. The smallest absolute Gasteiger partial charge is 0.150 e. The Bertz CT molecular complexity index is 301. The number of hydrogen-bond donors (Lipinski definition) is 1. The van der Waals surface area contributed by atoms with Crippen LogP contribution in [0.4, 0.5) is 0 Å². The van der Waals surface area contributed by atoms with Gasteiger partial charge in [0.05, 0.1) is 11.9 Å². The molecule has 0 aliphatic carbocycles. The van der Waals surface area contributed by atoms with Crippen LogP contribution in [-0.2, 0) is 9.84 Å². The number of aliphatic hydroxyl groups excluding tert-OH is 1. The lowest BCUT2D eigenvalue weighted by Crippen LogP contribution is -2.23. The molecule has 0 aromatic carbocycles. The van der Waals surface area contributed by atoms with Crippen molar-refractivity contribution in [3.63, 3.8) is 0 Å². The maximum Gasteiger partial charge on any atom is 0.150 e. The van der Waals surface area contributed by atoms with Crippen molar-refractivity contribution in [3.8, 4) is 0 Å². The van der Waals surface area contributed by atoms with Gasteiger partial charge in [0.25, 0.3) is 0 Å². The van der Waals surface area contributed by atoms with Gasteiger partial charge in [-0.05, 0) is 30.6 Å². The fourth-order valence-corrected chi connectivity index (χ4v) is 2.46. The van der Waals surface area contributed by atoms with E-state index in [9.17, 15) is 13.5 Å². The van der Waals surface area contributed by atoms with Crippen molar-refractivity contribution >= 4 is 9.84 Å². The number of sulfone groups is 1. The lowest BCUT2D eigenvalue weighted by atomic mass is 9.78. The van der Waals surface area contributed by atoms with Gasteiger partial charge in [-0.2, -0.15) is 0 Å². The molecule has 0 fully saturated rings. The standard InChI is InChI=1S/C13H28O3S/c1-6-17(15,16)9-7-8-12(14)10-11(2)13(3,4)5/h11-12,14H,6-10H2,1-5H3. The van der Waals surface area contributed by atoms with Crippen LogP contribution in [0.1, 0.15) is 53.9 Å². The second-order valence-corrected chi connectivity index (χ2v) is 8.51. The highest BCUT2D eigenvalue weighted by atomic mass is 32.2.